The minimum absolute atomic E-state index is 0.0842. The Morgan fingerprint density at radius 3 is 2.83 bits per heavy atom. The second kappa shape index (κ2) is 3.90. The van der Waals surface area contributed by atoms with Crippen LogP contribution >= 0.6 is 0 Å². The first-order chi connectivity index (χ1) is 5.65. The lowest BCUT2D eigenvalue weighted by atomic mass is 10.1. The molecule has 1 rings (SSSR count). The van der Waals surface area contributed by atoms with Crippen molar-refractivity contribution in [3.8, 4) is 0 Å². The van der Waals surface area contributed by atoms with Gasteiger partial charge in [0.1, 0.15) is 12.2 Å². The van der Waals surface area contributed by atoms with Crippen LogP contribution in [-0.2, 0) is 14.3 Å². The molecule has 0 amide bonds. The van der Waals surface area contributed by atoms with Crippen LogP contribution in [0, 0.1) is 0 Å². The number of carbonyl (C=O) groups excluding carboxylic acids is 1. The van der Waals surface area contributed by atoms with Crippen LogP contribution in [0.4, 0.5) is 0 Å². The highest BCUT2D eigenvalue weighted by atomic mass is 16.6. The molecule has 0 radical (unpaired) electrons. The molecular formula is C9H16O3. The van der Waals surface area contributed by atoms with E-state index in [1.54, 1.807) is 0 Å². The SMILES string of the molecule is CCC[C@@H]1O[C@H]1[C@H](C)OC(C)=O. The Morgan fingerprint density at radius 1 is 1.67 bits per heavy atom. The Hall–Kier alpha value is -0.570. The molecule has 0 aromatic rings. The van der Waals surface area contributed by atoms with Gasteiger partial charge in [-0.1, -0.05) is 13.3 Å². The number of hydrogen-bond donors (Lipinski definition) is 0. The van der Waals surface area contributed by atoms with Gasteiger partial charge in [0.05, 0.1) is 6.10 Å². The topological polar surface area (TPSA) is 38.8 Å². The van der Waals surface area contributed by atoms with Crippen LogP contribution in [0.2, 0.25) is 0 Å². The molecule has 1 saturated heterocycles. The van der Waals surface area contributed by atoms with E-state index in [9.17, 15) is 4.79 Å². The number of esters is 1. The van der Waals surface area contributed by atoms with Crippen LogP contribution < -0.4 is 0 Å². The molecule has 3 heteroatoms. The van der Waals surface area contributed by atoms with Gasteiger partial charge in [0.2, 0.25) is 0 Å². The number of ether oxygens (including phenoxy) is 2. The summed E-state index contributed by atoms with van der Waals surface area (Å²) in [5, 5.41) is 0. The summed E-state index contributed by atoms with van der Waals surface area (Å²) in [4.78, 5) is 10.6. The fourth-order valence-corrected chi connectivity index (χ4v) is 1.42. The standard InChI is InChI=1S/C9H16O3/c1-4-5-8-9(12-8)6(2)11-7(3)10/h6,8-9H,4-5H2,1-3H3/t6-,8-,9-/m0/s1. The van der Waals surface area contributed by atoms with E-state index in [0.717, 1.165) is 12.8 Å². The highest BCUT2D eigenvalue weighted by Gasteiger charge is 2.43. The lowest BCUT2D eigenvalue weighted by Gasteiger charge is -2.07. The Kier molecular flexibility index (Phi) is 3.09. The van der Waals surface area contributed by atoms with Crippen LogP contribution in [0.3, 0.4) is 0 Å². The van der Waals surface area contributed by atoms with E-state index >= 15 is 0 Å². The summed E-state index contributed by atoms with van der Waals surface area (Å²) in [5.74, 6) is -0.228. The molecule has 3 nitrogen and oxygen atoms in total. The molecule has 0 spiro atoms. The van der Waals surface area contributed by atoms with Gasteiger partial charge in [0.15, 0.2) is 0 Å². The summed E-state index contributed by atoms with van der Waals surface area (Å²) in [6.07, 6.45) is 2.57. The van der Waals surface area contributed by atoms with E-state index in [4.69, 9.17) is 9.47 Å². The van der Waals surface area contributed by atoms with Crippen LogP contribution in [0.25, 0.3) is 0 Å². The highest BCUT2D eigenvalue weighted by molar-refractivity contribution is 5.66. The van der Waals surface area contributed by atoms with Gasteiger partial charge in [0, 0.05) is 6.92 Å². The third-order valence-electron chi connectivity index (χ3n) is 2.01. The molecule has 12 heavy (non-hydrogen) atoms. The van der Waals surface area contributed by atoms with Gasteiger partial charge in [-0.3, -0.25) is 4.79 Å². The van der Waals surface area contributed by atoms with Crippen molar-refractivity contribution in [2.75, 3.05) is 0 Å². The second-order valence-corrected chi connectivity index (χ2v) is 3.24. The van der Waals surface area contributed by atoms with Crippen molar-refractivity contribution in [3.05, 3.63) is 0 Å². The van der Waals surface area contributed by atoms with E-state index in [1.807, 2.05) is 6.92 Å². The molecule has 0 bridgehead atoms. The summed E-state index contributed by atoms with van der Waals surface area (Å²) in [5.41, 5.74) is 0. The van der Waals surface area contributed by atoms with Crippen molar-refractivity contribution < 1.29 is 14.3 Å². The van der Waals surface area contributed by atoms with E-state index < -0.39 is 0 Å². The van der Waals surface area contributed by atoms with Crippen LogP contribution in [0.15, 0.2) is 0 Å². The summed E-state index contributed by atoms with van der Waals surface area (Å²) in [6.45, 7) is 5.42. The molecule has 70 valence electrons. The largest absolute Gasteiger partial charge is 0.460 e. The van der Waals surface area contributed by atoms with E-state index in [2.05, 4.69) is 6.92 Å². The molecule has 3 atom stereocenters. The number of carbonyl (C=O) groups is 1. The molecule has 0 aliphatic carbocycles. The zero-order chi connectivity index (χ0) is 9.14. The van der Waals surface area contributed by atoms with Gasteiger partial charge in [-0.25, -0.2) is 0 Å². The first-order valence-corrected chi connectivity index (χ1v) is 4.47. The van der Waals surface area contributed by atoms with Gasteiger partial charge in [-0.15, -0.1) is 0 Å². The van der Waals surface area contributed by atoms with Crippen molar-refractivity contribution >= 4 is 5.97 Å². The lowest BCUT2D eigenvalue weighted by Crippen LogP contribution is -2.20. The fraction of sp³-hybridized carbons (Fsp3) is 0.889. The van der Waals surface area contributed by atoms with Gasteiger partial charge in [-0.2, -0.15) is 0 Å². The smallest absolute Gasteiger partial charge is 0.302 e. The Morgan fingerprint density at radius 2 is 2.33 bits per heavy atom. The third kappa shape index (κ3) is 2.48. The molecule has 0 aromatic heterocycles. The van der Waals surface area contributed by atoms with E-state index in [1.165, 1.54) is 6.92 Å². The monoisotopic (exact) mass is 172 g/mol. The minimum Gasteiger partial charge on any atom is -0.460 e. The second-order valence-electron chi connectivity index (χ2n) is 3.24. The number of epoxide rings is 1. The zero-order valence-corrected chi connectivity index (χ0v) is 7.87. The lowest BCUT2D eigenvalue weighted by molar-refractivity contribution is -0.146. The van der Waals surface area contributed by atoms with Crippen molar-refractivity contribution in [3.63, 3.8) is 0 Å². The van der Waals surface area contributed by atoms with Crippen molar-refractivity contribution in [2.45, 2.75) is 51.9 Å². The Bertz CT molecular complexity index is 167. The zero-order valence-electron chi connectivity index (χ0n) is 7.87. The van der Waals surface area contributed by atoms with Gasteiger partial charge >= 0.3 is 5.97 Å². The Balaban J connectivity index is 2.19. The fourth-order valence-electron chi connectivity index (χ4n) is 1.42. The molecule has 1 fully saturated rings. The third-order valence-corrected chi connectivity index (χ3v) is 2.01. The first kappa shape index (κ1) is 9.52. The van der Waals surface area contributed by atoms with Crippen LogP contribution in [0.1, 0.15) is 33.6 Å². The summed E-state index contributed by atoms with van der Waals surface area (Å²) in [7, 11) is 0. The molecular weight excluding hydrogens is 156 g/mol. The average molecular weight is 172 g/mol. The molecule has 1 aliphatic rings. The summed E-state index contributed by atoms with van der Waals surface area (Å²) < 4.78 is 10.3. The average Bonchev–Trinajstić information content (AvgIpc) is 2.66. The number of hydrogen-bond acceptors (Lipinski definition) is 3. The first-order valence-electron chi connectivity index (χ1n) is 4.47. The van der Waals surface area contributed by atoms with Gasteiger partial charge in [0.25, 0.3) is 0 Å². The maximum absolute atomic E-state index is 10.6. The highest BCUT2D eigenvalue weighted by Crippen LogP contribution is 2.30. The predicted octanol–water partition coefficient (Wildman–Crippen LogP) is 1.51. The molecule has 0 aromatic carbocycles. The Labute approximate surface area is 73.0 Å². The van der Waals surface area contributed by atoms with E-state index in [0.29, 0.717) is 6.10 Å². The van der Waals surface area contributed by atoms with Crippen molar-refractivity contribution in [2.24, 2.45) is 0 Å². The van der Waals surface area contributed by atoms with E-state index in [-0.39, 0.29) is 18.2 Å². The van der Waals surface area contributed by atoms with Crippen LogP contribution in [0.5, 0.6) is 0 Å². The van der Waals surface area contributed by atoms with Crippen molar-refractivity contribution in [1.29, 1.82) is 0 Å². The maximum atomic E-state index is 10.6. The maximum Gasteiger partial charge on any atom is 0.302 e. The van der Waals surface area contributed by atoms with Gasteiger partial charge in [-0.05, 0) is 13.3 Å². The molecule has 0 N–H and O–H groups in total. The summed E-state index contributed by atoms with van der Waals surface area (Å²) in [6, 6.07) is 0. The number of rotatable bonds is 4. The molecule has 1 aliphatic heterocycles. The van der Waals surface area contributed by atoms with Crippen LogP contribution in [-0.4, -0.2) is 24.3 Å². The molecule has 0 unspecified atom stereocenters. The minimum atomic E-state index is -0.228. The normalized spacial score (nSPS) is 29.6. The molecule has 1 heterocycles. The summed E-state index contributed by atoms with van der Waals surface area (Å²) >= 11 is 0. The van der Waals surface area contributed by atoms with Gasteiger partial charge < -0.3 is 9.47 Å². The van der Waals surface area contributed by atoms with Crippen molar-refractivity contribution in [1.82, 2.24) is 0 Å². The quantitative estimate of drug-likeness (QED) is 0.476. The predicted molar refractivity (Wildman–Crippen MR) is 44.8 cm³/mol. The molecule has 0 saturated carbocycles.